The summed E-state index contributed by atoms with van der Waals surface area (Å²) < 4.78 is 4.52. The average Bonchev–Trinajstić information content (AvgIpc) is 2.82. The number of ether oxygens (including phenoxy) is 1. The van der Waals surface area contributed by atoms with E-state index in [-0.39, 0.29) is 17.6 Å². The highest BCUT2D eigenvalue weighted by atomic mass is 16.5. The van der Waals surface area contributed by atoms with Gasteiger partial charge in [-0.2, -0.15) is 0 Å². The summed E-state index contributed by atoms with van der Waals surface area (Å²) in [6.07, 6.45) is 1.39. The highest BCUT2D eigenvalue weighted by molar-refractivity contribution is 5.86. The largest absolute Gasteiger partial charge is 0.464 e. The third-order valence-electron chi connectivity index (χ3n) is 2.67. The number of hydrogen-bond acceptors (Lipinski definition) is 6. The van der Waals surface area contributed by atoms with Crippen LogP contribution in [0.1, 0.15) is 23.3 Å². The van der Waals surface area contributed by atoms with E-state index in [0.717, 1.165) is 6.42 Å². The van der Waals surface area contributed by atoms with E-state index in [4.69, 9.17) is 0 Å². The smallest absolute Gasteiger partial charge is 0.358 e. The lowest BCUT2D eigenvalue weighted by molar-refractivity contribution is -0.119. The maximum absolute atomic E-state index is 11.1. The van der Waals surface area contributed by atoms with Crippen molar-refractivity contribution in [3.05, 3.63) is 17.8 Å². The lowest BCUT2D eigenvalue weighted by Crippen LogP contribution is -2.32. The third-order valence-corrected chi connectivity index (χ3v) is 2.67. The number of carbonyl (C=O) groups is 2. The Kier molecular flexibility index (Phi) is 3.71. The first kappa shape index (κ1) is 12.3. The molecule has 1 saturated heterocycles. The van der Waals surface area contributed by atoms with E-state index in [9.17, 15) is 9.59 Å². The van der Waals surface area contributed by atoms with Crippen molar-refractivity contribution in [3.63, 3.8) is 0 Å². The zero-order chi connectivity index (χ0) is 13.0. The summed E-state index contributed by atoms with van der Waals surface area (Å²) in [4.78, 5) is 22.1. The molecule has 1 atom stereocenters. The van der Waals surface area contributed by atoms with E-state index in [1.807, 2.05) is 0 Å². The molecule has 1 aromatic rings. The zero-order valence-electron chi connectivity index (χ0n) is 9.97. The average molecular weight is 250 g/mol. The SMILES string of the molecule is COC(=O)c1ccc(NCC2CCC(=O)N2)nn1. The number of carbonyl (C=O) groups excluding carboxylic acids is 2. The first-order chi connectivity index (χ1) is 8.69. The number of aromatic nitrogens is 2. The van der Waals surface area contributed by atoms with Crippen LogP contribution in [0.15, 0.2) is 12.1 Å². The van der Waals surface area contributed by atoms with Gasteiger partial charge < -0.3 is 15.4 Å². The number of amides is 1. The molecule has 7 nitrogen and oxygen atoms in total. The van der Waals surface area contributed by atoms with E-state index in [0.29, 0.717) is 18.8 Å². The van der Waals surface area contributed by atoms with Crippen LogP contribution in [-0.2, 0) is 9.53 Å². The van der Waals surface area contributed by atoms with Gasteiger partial charge in [0.1, 0.15) is 5.82 Å². The number of hydrogen-bond donors (Lipinski definition) is 2. The molecule has 1 aliphatic rings. The van der Waals surface area contributed by atoms with Crippen molar-refractivity contribution >= 4 is 17.7 Å². The Morgan fingerprint density at radius 1 is 1.56 bits per heavy atom. The van der Waals surface area contributed by atoms with Gasteiger partial charge in [0.05, 0.1) is 7.11 Å². The monoisotopic (exact) mass is 250 g/mol. The van der Waals surface area contributed by atoms with Crippen LogP contribution in [0.3, 0.4) is 0 Å². The molecular weight excluding hydrogens is 236 g/mol. The molecule has 1 aliphatic heterocycles. The van der Waals surface area contributed by atoms with Crippen LogP contribution in [0.5, 0.6) is 0 Å². The van der Waals surface area contributed by atoms with Crippen LogP contribution in [0.25, 0.3) is 0 Å². The van der Waals surface area contributed by atoms with Crippen LogP contribution < -0.4 is 10.6 Å². The van der Waals surface area contributed by atoms with Gasteiger partial charge in [-0.15, -0.1) is 10.2 Å². The topological polar surface area (TPSA) is 93.2 Å². The second-order valence-electron chi connectivity index (χ2n) is 3.98. The molecule has 96 valence electrons. The summed E-state index contributed by atoms with van der Waals surface area (Å²) in [5, 5.41) is 13.5. The van der Waals surface area contributed by atoms with E-state index >= 15 is 0 Å². The summed E-state index contributed by atoms with van der Waals surface area (Å²) in [5.41, 5.74) is 0.164. The summed E-state index contributed by atoms with van der Waals surface area (Å²) in [6, 6.07) is 3.31. The molecular formula is C11H14N4O3. The quantitative estimate of drug-likeness (QED) is 0.728. The number of anilines is 1. The van der Waals surface area contributed by atoms with Crippen LogP contribution in [0.2, 0.25) is 0 Å². The molecule has 2 N–H and O–H groups in total. The van der Waals surface area contributed by atoms with Crippen molar-refractivity contribution in [2.45, 2.75) is 18.9 Å². The zero-order valence-corrected chi connectivity index (χ0v) is 9.97. The van der Waals surface area contributed by atoms with Gasteiger partial charge in [0, 0.05) is 19.0 Å². The summed E-state index contributed by atoms with van der Waals surface area (Å²) in [6.45, 7) is 0.595. The molecule has 0 aliphatic carbocycles. The van der Waals surface area contributed by atoms with Gasteiger partial charge in [0.2, 0.25) is 5.91 Å². The van der Waals surface area contributed by atoms with Gasteiger partial charge in [0.15, 0.2) is 5.69 Å². The molecule has 1 aromatic heterocycles. The van der Waals surface area contributed by atoms with Crippen molar-refractivity contribution < 1.29 is 14.3 Å². The van der Waals surface area contributed by atoms with Crippen molar-refractivity contribution in [2.24, 2.45) is 0 Å². The van der Waals surface area contributed by atoms with Crippen molar-refractivity contribution in [3.8, 4) is 0 Å². The minimum Gasteiger partial charge on any atom is -0.464 e. The Morgan fingerprint density at radius 3 is 2.94 bits per heavy atom. The second kappa shape index (κ2) is 5.44. The van der Waals surface area contributed by atoms with Gasteiger partial charge in [-0.1, -0.05) is 0 Å². The molecule has 2 rings (SSSR count). The molecule has 1 fully saturated rings. The molecule has 0 aromatic carbocycles. The first-order valence-corrected chi connectivity index (χ1v) is 5.64. The lowest BCUT2D eigenvalue weighted by atomic mass is 10.2. The fraction of sp³-hybridized carbons (Fsp3) is 0.455. The van der Waals surface area contributed by atoms with E-state index < -0.39 is 5.97 Å². The number of nitrogens with zero attached hydrogens (tertiary/aromatic N) is 2. The predicted molar refractivity (Wildman–Crippen MR) is 63.0 cm³/mol. The standard InChI is InChI=1S/C11H14N4O3/c1-18-11(17)8-3-4-9(15-14-8)12-6-7-2-5-10(16)13-7/h3-4,7H,2,5-6H2,1H3,(H,12,15)(H,13,16). The van der Waals surface area contributed by atoms with E-state index in [1.165, 1.54) is 13.2 Å². The molecule has 0 bridgehead atoms. The van der Waals surface area contributed by atoms with Crippen molar-refractivity contribution in [1.82, 2.24) is 15.5 Å². The molecule has 1 amide bonds. The van der Waals surface area contributed by atoms with Gasteiger partial charge in [-0.05, 0) is 18.6 Å². The lowest BCUT2D eigenvalue weighted by Gasteiger charge is -2.11. The fourth-order valence-electron chi connectivity index (χ4n) is 1.70. The first-order valence-electron chi connectivity index (χ1n) is 5.64. The van der Waals surface area contributed by atoms with E-state index in [2.05, 4.69) is 25.6 Å². The highest BCUT2D eigenvalue weighted by Crippen LogP contribution is 2.08. The minimum absolute atomic E-state index is 0.0777. The maximum atomic E-state index is 11.1. The van der Waals surface area contributed by atoms with Crippen LogP contribution in [-0.4, -0.2) is 41.8 Å². The molecule has 18 heavy (non-hydrogen) atoms. The number of rotatable bonds is 4. The summed E-state index contributed by atoms with van der Waals surface area (Å²) >= 11 is 0. The Labute approximate surface area is 104 Å². The maximum Gasteiger partial charge on any atom is 0.358 e. The summed E-state index contributed by atoms with van der Waals surface area (Å²) in [5.74, 6) is 0.120. The third kappa shape index (κ3) is 2.93. The molecule has 2 heterocycles. The highest BCUT2D eigenvalue weighted by Gasteiger charge is 2.20. The number of esters is 1. The van der Waals surface area contributed by atoms with Crippen LogP contribution in [0, 0.1) is 0 Å². The molecule has 0 radical (unpaired) electrons. The van der Waals surface area contributed by atoms with Gasteiger partial charge >= 0.3 is 5.97 Å². The normalized spacial score (nSPS) is 18.3. The summed E-state index contributed by atoms with van der Waals surface area (Å²) in [7, 11) is 1.29. The molecule has 0 saturated carbocycles. The Hall–Kier alpha value is -2.18. The number of methoxy groups -OCH3 is 1. The van der Waals surface area contributed by atoms with Crippen molar-refractivity contribution in [2.75, 3.05) is 19.0 Å². The van der Waals surface area contributed by atoms with Gasteiger partial charge in [0.25, 0.3) is 0 Å². The molecule has 0 spiro atoms. The fourth-order valence-corrected chi connectivity index (χ4v) is 1.70. The minimum atomic E-state index is -0.517. The van der Waals surface area contributed by atoms with Gasteiger partial charge in [-0.25, -0.2) is 4.79 Å². The van der Waals surface area contributed by atoms with E-state index in [1.54, 1.807) is 6.07 Å². The van der Waals surface area contributed by atoms with Crippen LogP contribution in [0.4, 0.5) is 5.82 Å². The van der Waals surface area contributed by atoms with Crippen LogP contribution >= 0.6 is 0 Å². The second-order valence-corrected chi connectivity index (χ2v) is 3.98. The molecule has 7 heteroatoms. The van der Waals surface area contributed by atoms with Crippen molar-refractivity contribution in [1.29, 1.82) is 0 Å². The Bertz CT molecular complexity index is 446. The predicted octanol–water partition coefficient (Wildman–Crippen LogP) is -0.0463. The van der Waals surface area contributed by atoms with Gasteiger partial charge in [-0.3, -0.25) is 4.79 Å². The Morgan fingerprint density at radius 2 is 2.39 bits per heavy atom. The molecule has 1 unspecified atom stereocenters. The number of nitrogens with one attached hydrogen (secondary N) is 2. The Balaban J connectivity index is 1.86.